The first-order valence-corrected chi connectivity index (χ1v) is 8.18. The molecule has 128 valence electrons. The summed E-state index contributed by atoms with van der Waals surface area (Å²) in [5.41, 5.74) is -0.143. The van der Waals surface area contributed by atoms with E-state index in [0.29, 0.717) is 23.9 Å². The molecule has 1 aliphatic heterocycles. The second kappa shape index (κ2) is 6.64. The minimum Gasteiger partial charge on any atom is -0.478 e. The van der Waals surface area contributed by atoms with Gasteiger partial charge in [-0.3, -0.25) is 4.57 Å². The van der Waals surface area contributed by atoms with E-state index < -0.39 is 5.97 Å². The number of carboxylic acid groups (broad SMARTS) is 1. The van der Waals surface area contributed by atoms with E-state index in [4.69, 9.17) is 16.7 Å². The number of aromatic nitrogens is 4. The van der Waals surface area contributed by atoms with Gasteiger partial charge in [0.05, 0.1) is 10.6 Å². The normalized spacial score (nSPS) is 17.9. The average Bonchev–Trinajstić information content (AvgIpc) is 2.95. The first-order chi connectivity index (χ1) is 11.5. The molecule has 24 heavy (non-hydrogen) atoms. The second-order valence-corrected chi connectivity index (χ2v) is 6.16. The molecule has 1 atom stereocenters. The zero-order chi connectivity index (χ0) is 17.3. The number of anilines is 1. The van der Waals surface area contributed by atoms with Crippen LogP contribution in [0, 0.1) is 0 Å². The Morgan fingerprint density at radius 3 is 3.00 bits per heavy atom. The zero-order valence-electron chi connectivity index (χ0n) is 13.2. The Kier molecular flexibility index (Phi) is 4.57. The molecule has 0 aromatic carbocycles. The molecule has 2 aromatic rings. The van der Waals surface area contributed by atoms with E-state index in [1.165, 1.54) is 12.3 Å². The Morgan fingerprint density at radius 1 is 1.54 bits per heavy atom. The van der Waals surface area contributed by atoms with Gasteiger partial charge in [0, 0.05) is 31.7 Å². The van der Waals surface area contributed by atoms with Gasteiger partial charge in [0.1, 0.15) is 11.6 Å². The van der Waals surface area contributed by atoms with Crippen LogP contribution in [0.25, 0.3) is 0 Å². The van der Waals surface area contributed by atoms with E-state index in [2.05, 4.69) is 15.2 Å². The van der Waals surface area contributed by atoms with Crippen molar-refractivity contribution in [2.75, 3.05) is 18.0 Å². The van der Waals surface area contributed by atoms with Crippen molar-refractivity contribution in [3.8, 4) is 0 Å². The summed E-state index contributed by atoms with van der Waals surface area (Å²) in [4.78, 5) is 29.0. The van der Waals surface area contributed by atoms with Crippen LogP contribution in [0.4, 0.5) is 5.82 Å². The van der Waals surface area contributed by atoms with Crippen molar-refractivity contribution in [2.24, 2.45) is 0 Å². The number of aromatic carboxylic acids is 1. The molecule has 3 heterocycles. The number of carbonyl (C=O) groups is 1. The highest BCUT2D eigenvalue weighted by Gasteiger charge is 2.27. The summed E-state index contributed by atoms with van der Waals surface area (Å²) in [6.07, 6.45) is 3.14. The van der Waals surface area contributed by atoms with Gasteiger partial charge in [0.2, 0.25) is 0 Å². The van der Waals surface area contributed by atoms with Crippen molar-refractivity contribution in [1.29, 1.82) is 0 Å². The molecule has 0 radical (unpaired) electrons. The molecule has 3 rings (SSSR count). The molecule has 8 nitrogen and oxygen atoms in total. The molecule has 1 aliphatic rings. The first-order valence-electron chi connectivity index (χ1n) is 7.80. The van der Waals surface area contributed by atoms with Crippen molar-refractivity contribution < 1.29 is 9.90 Å². The fourth-order valence-electron chi connectivity index (χ4n) is 3.11. The van der Waals surface area contributed by atoms with Crippen LogP contribution in [-0.2, 0) is 6.54 Å². The summed E-state index contributed by atoms with van der Waals surface area (Å²) < 4.78 is 1.64. The summed E-state index contributed by atoms with van der Waals surface area (Å²) in [6.45, 7) is 3.87. The Morgan fingerprint density at radius 2 is 2.33 bits per heavy atom. The SMILES string of the molecule is CCn1c([C@H]2CCCN(c3ncc(C(=O)O)cc3Cl)C2)n[nH]c1=O. The zero-order valence-corrected chi connectivity index (χ0v) is 14.0. The number of H-pyrrole nitrogens is 1. The number of carboxylic acids is 1. The van der Waals surface area contributed by atoms with Gasteiger partial charge in [0.15, 0.2) is 0 Å². The number of aromatic amines is 1. The molecule has 0 unspecified atom stereocenters. The van der Waals surface area contributed by atoms with Crippen molar-refractivity contribution in [2.45, 2.75) is 32.2 Å². The molecule has 0 aliphatic carbocycles. The molecule has 1 fully saturated rings. The summed E-state index contributed by atoms with van der Waals surface area (Å²) in [5, 5.41) is 16.0. The Bertz CT molecular complexity index is 816. The van der Waals surface area contributed by atoms with Crippen molar-refractivity contribution in [1.82, 2.24) is 19.7 Å². The lowest BCUT2D eigenvalue weighted by molar-refractivity contribution is 0.0696. The molecular formula is C15H18ClN5O3. The van der Waals surface area contributed by atoms with Gasteiger partial charge in [-0.05, 0) is 25.8 Å². The summed E-state index contributed by atoms with van der Waals surface area (Å²) in [5.74, 6) is 0.336. The number of hydrogen-bond acceptors (Lipinski definition) is 5. The lowest BCUT2D eigenvalue weighted by Gasteiger charge is -2.33. The lowest BCUT2D eigenvalue weighted by atomic mass is 9.97. The Labute approximate surface area is 143 Å². The maximum absolute atomic E-state index is 11.8. The van der Waals surface area contributed by atoms with Crippen LogP contribution in [0.3, 0.4) is 0 Å². The smallest absolute Gasteiger partial charge is 0.343 e. The third kappa shape index (κ3) is 3.01. The van der Waals surface area contributed by atoms with Crippen LogP contribution in [0.2, 0.25) is 5.02 Å². The van der Waals surface area contributed by atoms with Gasteiger partial charge in [-0.1, -0.05) is 11.6 Å². The topological polar surface area (TPSA) is 104 Å². The molecule has 2 N–H and O–H groups in total. The lowest BCUT2D eigenvalue weighted by Crippen LogP contribution is -2.36. The average molecular weight is 352 g/mol. The number of nitrogens with one attached hydrogen (secondary N) is 1. The summed E-state index contributed by atoms with van der Waals surface area (Å²) in [7, 11) is 0. The van der Waals surface area contributed by atoms with E-state index in [1.54, 1.807) is 4.57 Å². The fraction of sp³-hybridized carbons (Fsp3) is 0.467. The molecule has 0 saturated carbocycles. The van der Waals surface area contributed by atoms with Gasteiger partial charge in [0.25, 0.3) is 0 Å². The Balaban J connectivity index is 1.86. The minimum atomic E-state index is -1.06. The van der Waals surface area contributed by atoms with Gasteiger partial charge in [-0.15, -0.1) is 0 Å². The summed E-state index contributed by atoms with van der Waals surface area (Å²) in [6, 6.07) is 1.41. The summed E-state index contributed by atoms with van der Waals surface area (Å²) >= 11 is 6.22. The van der Waals surface area contributed by atoms with E-state index >= 15 is 0 Å². The van der Waals surface area contributed by atoms with E-state index in [1.807, 2.05) is 11.8 Å². The van der Waals surface area contributed by atoms with Crippen LogP contribution < -0.4 is 10.6 Å². The third-order valence-electron chi connectivity index (χ3n) is 4.26. The van der Waals surface area contributed by atoms with Crippen molar-refractivity contribution in [3.05, 3.63) is 39.2 Å². The fourth-order valence-corrected chi connectivity index (χ4v) is 3.39. The van der Waals surface area contributed by atoms with E-state index in [-0.39, 0.29) is 17.2 Å². The van der Waals surface area contributed by atoms with Crippen LogP contribution in [0.1, 0.15) is 41.9 Å². The maximum atomic E-state index is 11.8. The number of nitrogens with zero attached hydrogens (tertiary/aromatic N) is 4. The molecule has 0 spiro atoms. The number of rotatable bonds is 4. The second-order valence-electron chi connectivity index (χ2n) is 5.75. The number of pyridine rings is 1. The van der Waals surface area contributed by atoms with Crippen molar-refractivity contribution in [3.63, 3.8) is 0 Å². The van der Waals surface area contributed by atoms with E-state index in [9.17, 15) is 9.59 Å². The van der Waals surface area contributed by atoms with Crippen LogP contribution in [0.15, 0.2) is 17.1 Å². The van der Waals surface area contributed by atoms with Gasteiger partial charge in [-0.2, -0.15) is 5.10 Å². The van der Waals surface area contributed by atoms with Crippen molar-refractivity contribution >= 4 is 23.4 Å². The van der Waals surface area contributed by atoms with Gasteiger partial charge in [-0.25, -0.2) is 19.7 Å². The molecule has 0 bridgehead atoms. The standard InChI is InChI=1S/C15H18ClN5O3/c1-2-21-12(18-19-15(21)24)9-4-3-5-20(8-9)13-11(16)6-10(7-17-13)14(22)23/h6-7,9H,2-5,8H2,1H3,(H,19,24)(H,22,23)/t9-/m0/s1. The van der Waals surface area contributed by atoms with Gasteiger partial charge >= 0.3 is 11.7 Å². The molecule has 1 saturated heterocycles. The number of halogens is 1. The van der Waals surface area contributed by atoms with E-state index in [0.717, 1.165) is 25.2 Å². The molecule has 9 heteroatoms. The predicted molar refractivity (Wildman–Crippen MR) is 88.9 cm³/mol. The van der Waals surface area contributed by atoms with Crippen LogP contribution >= 0.6 is 11.6 Å². The monoisotopic (exact) mass is 351 g/mol. The highest BCUT2D eigenvalue weighted by Crippen LogP contribution is 2.31. The molecule has 0 amide bonds. The molecule has 2 aromatic heterocycles. The first kappa shape index (κ1) is 16.5. The highest BCUT2D eigenvalue weighted by atomic mass is 35.5. The minimum absolute atomic E-state index is 0.0597. The van der Waals surface area contributed by atoms with Crippen LogP contribution in [-0.4, -0.2) is 43.9 Å². The number of hydrogen-bond donors (Lipinski definition) is 2. The predicted octanol–water partition coefficient (Wildman–Crippen LogP) is 1.72. The van der Waals surface area contributed by atoms with Gasteiger partial charge < -0.3 is 10.0 Å². The van der Waals surface area contributed by atoms with Crippen LogP contribution in [0.5, 0.6) is 0 Å². The molecular weight excluding hydrogens is 334 g/mol. The highest BCUT2D eigenvalue weighted by molar-refractivity contribution is 6.33. The quantitative estimate of drug-likeness (QED) is 0.869. The third-order valence-corrected chi connectivity index (χ3v) is 4.54. The Hall–Kier alpha value is -2.35. The maximum Gasteiger partial charge on any atom is 0.343 e. The number of piperidine rings is 1. The largest absolute Gasteiger partial charge is 0.478 e.